The molecule has 0 spiro atoms. The molecule has 0 unspecified atom stereocenters. The zero-order valence-electron chi connectivity index (χ0n) is 17.0. The van der Waals surface area contributed by atoms with Gasteiger partial charge in [0, 0.05) is 17.3 Å². The zero-order chi connectivity index (χ0) is 22.2. The summed E-state index contributed by atoms with van der Waals surface area (Å²) >= 11 is 7.17. The summed E-state index contributed by atoms with van der Waals surface area (Å²) in [6, 6.07) is 13.6. The maximum atomic E-state index is 12.3. The minimum Gasteiger partial charge on any atom is -0.486 e. The number of nitrogens with one attached hydrogen (secondary N) is 1. The van der Waals surface area contributed by atoms with Crippen molar-refractivity contribution in [3.05, 3.63) is 64.9 Å². The van der Waals surface area contributed by atoms with E-state index in [0.29, 0.717) is 39.5 Å². The van der Waals surface area contributed by atoms with E-state index in [1.165, 1.54) is 18.9 Å². The van der Waals surface area contributed by atoms with Crippen molar-refractivity contribution < 1.29 is 19.1 Å². The minimum atomic E-state index is -0.428. The first-order valence-electron chi connectivity index (χ1n) is 9.41. The number of carbonyl (C=O) groups is 2. The first-order chi connectivity index (χ1) is 15.0. The van der Waals surface area contributed by atoms with Crippen LogP contribution in [0.1, 0.15) is 23.1 Å². The molecule has 3 rings (SSSR count). The van der Waals surface area contributed by atoms with Crippen molar-refractivity contribution in [2.75, 3.05) is 18.2 Å². The van der Waals surface area contributed by atoms with Gasteiger partial charge < -0.3 is 19.4 Å². The van der Waals surface area contributed by atoms with E-state index in [4.69, 9.17) is 16.3 Å². The predicted octanol–water partition coefficient (Wildman–Crippen LogP) is 4.05. The summed E-state index contributed by atoms with van der Waals surface area (Å²) in [5.74, 6) is 0.888. The Morgan fingerprint density at radius 2 is 1.81 bits per heavy atom. The highest BCUT2D eigenvalue weighted by Crippen LogP contribution is 2.20. The number of anilines is 1. The van der Waals surface area contributed by atoms with E-state index in [9.17, 15) is 9.59 Å². The number of hydrogen-bond donors (Lipinski definition) is 1. The van der Waals surface area contributed by atoms with Crippen LogP contribution in [0.15, 0.2) is 53.7 Å². The Morgan fingerprint density at radius 3 is 2.45 bits per heavy atom. The molecule has 31 heavy (non-hydrogen) atoms. The summed E-state index contributed by atoms with van der Waals surface area (Å²) in [5, 5.41) is 12.4. The van der Waals surface area contributed by atoms with Gasteiger partial charge in [-0.05, 0) is 55.5 Å². The lowest BCUT2D eigenvalue weighted by Gasteiger charge is -2.09. The SMILES string of the molecule is CCn1c(COc2ccc(Cl)cc2)nnc1SCC(=O)Nc1ccc(C(=O)OC)cc1. The Hall–Kier alpha value is -3.04. The van der Waals surface area contributed by atoms with E-state index in [1.54, 1.807) is 48.5 Å². The Balaban J connectivity index is 1.54. The zero-order valence-corrected chi connectivity index (χ0v) is 18.6. The number of benzene rings is 2. The van der Waals surface area contributed by atoms with Crippen LogP contribution >= 0.6 is 23.4 Å². The largest absolute Gasteiger partial charge is 0.486 e. The van der Waals surface area contributed by atoms with Crippen molar-refractivity contribution in [3.8, 4) is 5.75 Å². The van der Waals surface area contributed by atoms with Gasteiger partial charge in [-0.3, -0.25) is 4.79 Å². The molecule has 0 radical (unpaired) electrons. The fourth-order valence-electron chi connectivity index (χ4n) is 2.66. The molecule has 162 valence electrons. The molecule has 0 saturated carbocycles. The summed E-state index contributed by atoms with van der Waals surface area (Å²) in [5.41, 5.74) is 1.01. The highest BCUT2D eigenvalue weighted by atomic mass is 35.5. The van der Waals surface area contributed by atoms with Gasteiger partial charge in [-0.1, -0.05) is 23.4 Å². The van der Waals surface area contributed by atoms with Crippen LogP contribution in [0.5, 0.6) is 5.75 Å². The normalized spacial score (nSPS) is 10.5. The molecule has 3 aromatic rings. The van der Waals surface area contributed by atoms with E-state index in [2.05, 4.69) is 20.3 Å². The molecule has 1 N–H and O–H groups in total. The van der Waals surface area contributed by atoms with Gasteiger partial charge in [-0.15, -0.1) is 10.2 Å². The van der Waals surface area contributed by atoms with Gasteiger partial charge in [0.2, 0.25) is 5.91 Å². The maximum absolute atomic E-state index is 12.3. The number of amides is 1. The van der Waals surface area contributed by atoms with Crippen molar-refractivity contribution in [1.29, 1.82) is 0 Å². The highest BCUT2D eigenvalue weighted by Gasteiger charge is 2.14. The van der Waals surface area contributed by atoms with Gasteiger partial charge >= 0.3 is 5.97 Å². The van der Waals surface area contributed by atoms with Crippen LogP contribution in [0.2, 0.25) is 5.02 Å². The van der Waals surface area contributed by atoms with Crippen LogP contribution in [0.4, 0.5) is 5.69 Å². The van der Waals surface area contributed by atoms with Crippen molar-refractivity contribution in [2.45, 2.75) is 25.2 Å². The number of esters is 1. The van der Waals surface area contributed by atoms with Crippen molar-refractivity contribution in [3.63, 3.8) is 0 Å². The van der Waals surface area contributed by atoms with Crippen LogP contribution in [0, 0.1) is 0 Å². The lowest BCUT2D eigenvalue weighted by Crippen LogP contribution is -2.15. The first kappa shape index (κ1) is 22.6. The molecule has 0 aliphatic carbocycles. The molecule has 0 atom stereocenters. The second kappa shape index (κ2) is 10.8. The fraction of sp³-hybridized carbons (Fsp3) is 0.238. The second-order valence-corrected chi connectivity index (χ2v) is 7.67. The fourth-order valence-corrected chi connectivity index (χ4v) is 3.61. The van der Waals surface area contributed by atoms with E-state index in [-0.39, 0.29) is 18.3 Å². The standard InChI is InChI=1S/C21H21ClN4O4S/c1-3-26-18(12-30-17-10-6-15(22)7-11-17)24-25-21(26)31-13-19(27)23-16-8-4-14(5-9-16)20(28)29-2/h4-11H,3,12-13H2,1-2H3,(H,23,27). The summed E-state index contributed by atoms with van der Waals surface area (Å²) < 4.78 is 12.3. The summed E-state index contributed by atoms with van der Waals surface area (Å²) in [7, 11) is 1.32. The average molecular weight is 461 g/mol. The lowest BCUT2D eigenvalue weighted by molar-refractivity contribution is -0.113. The van der Waals surface area contributed by atoms with Gasteiger partial charge in [-0.25, -0.2) is 4.79 Å². The molecule has 0 saturated heterocycles. The molecule has 10 heteroatoms. The van der Waals surface area contributed by atoms with Crippen LogP contribution in [-0.4, -0.2) is 39.5 Å². The van der Waals surface area contributed by atoms with E-state index in [0.717, 1.165) is 0 Å². The van der Waals surface area contributed by atoms with Gasteiger partial charge in [0.1, 0.15) is 12.4 Å². The molecule has 2 aromatic carbocycles. The van der Waals surface area contributed by atoms with Gasteiger partial charge in [-0.2, -0.15) is 0 Å². The number of ether oxygens (including phenoxy) is 2. The molecule has 0 aliphatic rings. The Labute approximate surface area is 188 Å². The molecule has 0 fully saturated rings. The molecule has 0 aliphatic heterocycles. The Morgan fingerprint density at radius 1 is 1.10 bits per heavy atom. The van der Waals surface area contributed by atoms with Crippen LogP contribution in [0.3, 0.4) is 0 Å². The van der Waals surface area contributed by atoms with Crippen LogP contribution in [-0.2, 0) is 22.7 Å². The topological polar surface area (TPSA) is 95.3 Å². The highest BCUT2D eigenvalue weighted by molar-refractivity contribution is 7.99. The number of rotatable bonds is 9. The second-order valence-electron chi connectivity index (χ2n) is 6.29. The Kier molecular flexibility index (Phi) is 7.91. The number of thioether (sulfide) groups is 1. The quantitative estimate of drug-likeness (QED) is 0.380. The number of halogens is 1. The van der Waals surface area contributed by atoms with Crippen molar-refractivity contribution >= 4 is 40.9 Å². The Bertz CT molecular complexity index is 1040. The molecule has 0 bridgehead atoms. The van der Waals surface area contributed by atoms with Gasteiger partial charge in [0.05, 0.1) is 18.4 Å². The van der Waals surface area contributed by atoms with Gasteiger partial charge in [0.15, 0.2) is 11.0 Å². The van der Waals surface area contributed by atoms with Gasteiger partial charge in [0.25, 0.3) is 0 Å². The van der Waals surface area contributed by atoms with E-state index in [1.807, 2.05) is 11.5 Å². The molecule has 1 aromatic heterocycles. The monoisotopic (exact) mass is 460 g/mol. The smallest absolute Gasteiger partial charge is 0.337 e. The molecule has 8 nitrogen and oxygen atoms in total. The third kappa shape index (κ3) is 6.22. The van der Waals surface area contributed by atoms with Crippen LogP contribution in [0.25, 0.3) is 0 Å². The number of aromatic nitrogens is 3. The molecular formula is C21H21ClN4O4S. The lowest BCUT2D eigenvalue weighted by atomic mass is 10.2. The number of carbonyl (C=O) groups excluding carboxylic acids is 2. The van der Waals surface area contributed by atoms with E-state index >= 15 is 0 Å². The molecule has 1 heterocycles. The minimum absolute atomic E-state index is 0.162. The number of hydrogen-bond acceptors (Lipinski definition) is 7. The summed E-state index contributed by atoms with van der Waals surface area (Å²) in [4.78, 5) is 23.8. The maximum Gasteiger partial charge on any atom is 0.337 e. The summed E-state index contributed by atoms with van der Waals surface area (Å²) in [6.45, 7) is 2.87. The first-order valence-corrected chi connectivity index (χ1v) is 10.8. The summed E-state index contributed by atoms with van der Waals surface area (Å²) in [6.07, 6.45) is 0. The van der Waals surface area contributed by atoms with Crippen LogP contribution < -0.4 is 10.1 Å². The van der Waals surface area contributed by atoms with Crippen molar-refractivity contribution in [1.82, 2.24) is 14.8 Å². The number of nitrogens with zero attached hydrogens (tertiary/aromatic N) is 3. The molecular weight excluding hydrogens is 440 g/mol. The molecule has 1 amide bonds. The van der Waals surface area contributed by atoms with Crippen molar-refractivity contribution in [2.24, 2.45) is 0 Å². The van der Waals surface area contributed by atoms with E-state index < -0.39 is 5.97 Å². The predicted molar refractivity (Wildman–Crippen MR) is 119 cm³/mol. The average Bonchev–Trinajstić information content (AvgIpc) is 3.19. The number of methoxy groups -OCH3 is 1. The third-order valence-corrected chi connectivity index (χ3v) is 5.43. The third-order valence-electron chi connectivity index (χ3n) is 4.21.